The molecule has 4 rings (SSSR count). The van der Waals surface area contributed by atoms with Gasteiger partial charge in [-0.3, -0.25) is 9.48 Å². The van der Waals surface area contributed by atoms with Gasteiger partial charge in [0.05, 0.1) is 5.69 Å². The summed E-state index contributed by atoms with van der Waals surface area (Å²) in [5.74, 6) is 0.804. The number of fused-ring (bicyclic) bond motifs is 1. The molecule has 108 valence electrons. The average Bonchev–Trinajstić information content (AvgIpc) is 3.27. The van der Waals surface area contributed by atoms with Crippen LogP contribution in [0.5, 0.6) is 0 Å². The molecule has 1 aromatic heterocycles. The molecule has 1 aliphatic heterocycles. The Morgan fingerprint density at radius 2 is 2.00 bits per heavy atom. The zero-order valence-corrected chi connectivity index (χ0v) is 12.0. The molecule has 1 amide bonds. The number of benzene rings is 1. The van der Waals surface area contributed by atoms with Crippen LogP contribution in [0.25, 0.3) is 0 Å². The first kappa shape index (κ1) is 12.6. The van der Waals surface area contributed by atoms with Gasteiger partial charge in [0.15, 0.2) is 0 Å². The highest BCUT2D eigenvalue weighted by atomic mass is 16.2. The number of carbonyl (C=O) groups is 1. The first-order valence-corrected chi connectivity index (χ1v) is 7.67. The molecule has 0 unspecified atom stereocenters. The van der Waals surface area contributed by atoms with Crippen LogP contribution in [0.1, 0.15) is 35.6 Å². The molecule has 2 aliphatic rings. The molecule has 4 nitrogen and oxygen atoms in total. The third-order valence-corrected chi connectivity index (χ3v) is 4.44. The smallest absolute Gasteiger partial charge is 0.244 e. The highest BCUT2D eigenvalue weighted by Gasteiger charge is 2.26. The highest BCUT2D eigenvalue weighted by molar-refractivity contribution is 5.76. The van der Waals surface area contributed by atoms with E-state index in [1.807, 2.05) is 17.2 Å². The van der Waals surface area contributed by atoms with E-state index in [-0.39, 0.29) is 5.91 Å². The van der Waals surface area contributed by atoms with Gasteiger partial charge < -0.3 is 4.90 Å². The summed E-state index contributed by atoms with van der Waals surface area (Å²) in [6.45, 7) is 1.90. The van der Waals surface area contributed by atoms with E-state index in [0.29, 0.717) is 12.5 Å². The predicted octanol–water partition coefficient (Wildman–Crippen LogP) is 2.35. The van der Waals surface area contributed by atoms with Crippen molar-refractivity contribution in [1.29, 1.82) is 0 Å². The van der Waals surface area contributed by atoms with Gasteiger partial charge >= 0.3 is 0 Å². The van der Waals surface area contributed by atoms with E-state index in [4.69, 9.17) is 0 Å². The molecule has 21 heavy (non-hydrogen) atoms. The number of hydrogen-bond donors (Lipinski definition) is 0. The van der Waals surface area contributed by atoms with Gasteiger partial charge in [0.2, 0.25) is 5.91 Å². The Hall–Kier alpha value is -2.10. The molecule has 1 fully saturated rings. The molecule has 0 radical (unpaired) electrons. The van der Waals surface area contributed by atoms with Crippen LogP contribution in [0, 0.1) is 0 Å². The van der Waals surface area contributed by atoms with Gasteiger partial charge in [-0.2, -0.15) is 5.10 Å². The molecule has 0 saturated heterocycles. The van der Waals surface area contributed by atoms with Crippen molar-refractivity contribution in [2.24, 2.45) is 0 Å². The first-order chi connectivity index (χ1) is 10.3. The van der Waals surface area contributed by atoms with Crippen LogP contribution in [0.4, 0.5) is 0 Å². The van der Waals surface area contributed by atoms with Crippen molar-refractivity contribution in [2.75, 3.05) is 6.54 Å². The summed E-state index contributed by atoms with van der Waals surface area (Å²) < 4.78 is 1.79. The first-order valence-electron chi connectivity index (χ1n) is 7.67. The van der Waals surface area contributed by atoms with E-state index in [1.165, 1.54) is 24.0 Å². The van der Waals surface area contributed by atoms with Crippen LogP contribution >= 0.6 is 0 Å². The van der Waals surface area contributed by atoms with Crippen LogP contribution < -0.4 is 0 Å². The van der Waals surface area contributed by atoms with Crippen LogP contribution in [-0.2, 0) is 24.3 Å². The summed E-state index contributed by atoms with van der Waals surface area (Å²) in [6, 6.07) is 10.4. The summed E-state index contributed by atoms with van der Waals surface area (Å²) >= 11 is 0. The molecule has 2 aromatic rings. The topological polar surface area (TPSA) is 38.1 Å². The zero-order valence-electron chi connectivity index (χ0n) is 12.0. The Balaban J connectivity index is 1.43. The lowest BCUT2D eigenvalue weighted by atomic mass is 10.00. The Bertz CT molecular complexity index is 672. The van der Waals surface area contributed by atoms with Crippen molar-refractivity contribution in [2.45, 2.75) is 38.3 Å². The fraction of sp³-hybridized carbons (Fsp3) is 0.412. The lowest BCUT2D eigenvalue weighted by molar-refractivity contribution is -0.133. The van der Waals surface area contributed by atoms with E-state index in [1.54, 1.807) is 4.68 Å². The van der Waals surface area contributed by atoms with Gasteiger partial charge in [-0.15, -0.1) is 0 Å². The summed E-state index contributed by atoms with van der Waals surface area (Å²) in [7, 11) is 0. The number of nitrogens with zero attached hydrogens (tertiary/aromatic N) is 3. The average molecular weight is 281 g/mol. The predicted molar refractivity (Wildman–Crippen MR) is 79.8 cm³/mol. The summed E-state index contributed by atoms with van der Waals surface area (Å²) in [5.41, 5.74) is 3.79. The largest absolute Gasteiger partial charge is 0.336 e. The third kappa shape index (κ3) is 2.58. The minimum Gasteiger partial charge on any atom is -0.336 e. The standard InChI is InChI=1S/C17H19N3O/c21-17(12-20-10-8-16(18-20)14-5-6-14)19-9-7-13-3-1-2-4-15(13)11-19/h1-4,8,10,14H,5-7,9,11-12H2. The molecular weight excluding hydrogens is 262 g/mol. The van der Waals surface area contributed by atoms with Gasteiger partial charge in [-0.25, -0.2) is 0 Å². The van der Waals surface area contributed by atoms with Gasteiger partial charge in [0, 0.05) is 25.2 Å². The third-order valence-electron chi connectivity index (χ3n) is 4.44. The van der Waals surface area contributed by atoms with E-state index >= 15 is 0 Å². The molecule has 1 aliphatic carbocycles. The summed E-state index contributed by atoms with van der Waals surface area (Å²) in [6.07, 6.45) is 5.37. The van der Waals surface area contributed by atoms with Gasteiger partial charge in [0.25, 0.3) is 0 Å². The summed E-state index contributed by atoms with van der Waals surface area (Å²) in [5, 5.41) is 4.52. The van der Waals surface area contributed by atoms with Crippen LogP contribution in [0.2, 0.25) is 0 Å². The van der Waals surface area contributed by atoms with Crippen molar-refractivity contribution in [3.63, 3.8) is 0 Å². The Morgan fingerprint density at radius 1 is 1.19 bits per heavy atom. The van der Waals surface area contributed by atoms with Crippen LogP contribution in [0.15, 0.2) is 36.5 Å². The number of hydrogen-bond acceptors (Lipinski definition) is 2. The van der Waals surface area contributed by atoms with Crippen molar-refractivity contribution in [3.05, 3.63) is 53.3 Å². The normalized spacial score (nSPS) is 17.6. The second kappa shape index (κ2) is 5.02. The summed E-state index contributed by atoms with van der Waals surface area (Å²) in [4.78, 5) is 14.4. The fourth-order valence-corrected chi connectivity index (χ4v) is 3.01. The Labute approximate surface area is 124 Å². The Kier molecular flexibility index (Phi) is 3.02. The molecule has 0 atom stereocenters. The van der Waals surface area contributed by atoms with Crippen molar-refractivity contribution >= 4 is 5.91 Å². The maximum Gasteiger partial charge on any atom is 0.244 e. The number of amides is 1. The monoisotopic (exact) mass is 281 g/mol. The van der Waals surface area contributed by atoms with Crippen molar-refractivity contribution < 1.29 is 4.79 Å². The molecule has 0 N–H and O–H groups in total. The SMILES string of the molecule is O=C(Cn1ccc(C2CC2)n1)N1CCc2ccccc2C1. The zero-order chi connectivity index (χ0) is 14.2. The molecule has 4 heteroatoms. The highest BCUT2D eigenvalue weighted by Crippen LogP contribution is 2.38. The number of rotatable bonds is 3. The molecular formula is C17H19N3O. The molecule has 0 bridgehead atoms. The van der Waals surface area contributed by atoms with Gasteiger partial charge in [0.1, 0.15) is 6.54 Å². The maximum absolute atomic E-state index is 12.4. The number of aromatic nitrogens is 2. The molecule has 1 aromatic carbocycles. The minimum absolute atomic E-state index is 0.162. The van der Waals surface area contributed by atoms with Gasteiger partial charge in [-0.1, -0.05) is 24.3 Å². The lowest BCUT2D eigenvalue weighted by Gasteiger charge is -2.28. The second-order valence-electron chi connectivity index (χ2n) is 6.05. The molecule has 2 heterocycles. The quantitative estimate of drug-likeness (QED) is 0.866. The molecule has 1 saturated carbocycles. The lowest BCUT2D eigenvalue weighted by Crippen LogP contribution is -2.38. The number of carbonyl (C=O) groups excluding carboxylic acids is 1. The van der Waals surface area contributed by atoms with Crippen LogP contribution in [-0.4, -0.2) is 27.1 Å². The van der Waals surface area contributed by atoms with Crippen molar-refractivity contribution in [3.8, 4) is 0 Å². The fourth-order valence-electron chi connectivity index (χ4n) is 3.01. The Morgan fingerprint density at radius 3 is 2.81 bits per heavy atom. The van der Waals surface area contributed by atoms with E-state index in [2.05, 4.69) is 29.4 Å². The van der Waals surface area contributed by atoms with E-state index < -0.39 is 0 Å². The van der Waals surface area contributed by atoms with E-state index in [0.717, 1.165) is 25.2 Å². The van der Waals surface area contributed by atoms with Gasteiger partial charge in [-0.05, 0) is 36.5 Å². The van der Waals surface area contributed by atoms with E-state index in [9.17, 15) is 4.79 Å². The molecule has 0 spiro atoms. The van der Waals surface area contributed by atoms with Crippen LogP contribution in [0.3, 0.4) is 0 Å². The second-order valence-corrected chi connectivity index (χ2v) is 6.05. The minimum atomic E-state index is 0.162. The maximum atomic E-state index is 12.4. The van der Waals surface area contributed by atoms with Crippen molar-refractivity contribution in [1.82, 2.24) is 14.7 Å².